The maximum absolute atomic E-state index is 10.7. The van der Waals surface area contributed by atoms with Crippen molar-refractivity contribution < 1.29 is 4.79 Å². The van der Waals surface area contributed by atoms with E-state index in [1.54, 1.807) is 0 Å². The molecule has 1 rings (SSSR count). The summed E-state index contributed by atoms with van der Waals surface area (Å²) >= 11 is 0. The molecule has 0 radical (unpaired) electrons. The van der Waals surface area contributed by atoms with Crippen LogP contribution >= 0.6 is 0 Å². The SMILES string of the molecule is CC(=O)NC1=CC=C(C)CC=C1. The zero-order valence-electron chi connectivity index (χ0n) is 7.42. The summed E-state index contributed by atoms with van der Waals surface area (Å²) in [5.74, 6) is -0.0288. The van der Waals surface area contributed by atoms with Gasteiger partial charge in [-0.3, -0.25) is 4.79 Å². The predicted molar refractivity (Wildman–Crippen MR) is 49.4 cm³/mol. The first-order valence-electron chi connectivity index (χ1n) is 4.00. The van der Waals surface area contributed by atoms with Crippen LogP contribution in [0.1, 0.15) is 20.3 Å². The molecule has 2 heteroatoms. The van der Waals surface area contributed by atoms with Gasteiger partial charge in [0, 0.05) is 12.6 Å². The predicted octanol–water partition coefficient (Wildman–Crippen LogP) is 1.91. The molecule has 0 aromatic carbocycles. The molecule has 1 aliphatic carbocycles. The molecule has 0 atom stereocenters. The number of amides is 1. The molecular formula is C10H13NO. The molecule has 12 heavy (non-hydrogen) atoms. The molecule has 1 aliphatic rings. The van der Waals surface area contributed by atoms with Crippen molar-refractivity contribution >= 4 is 5.91 Å². The summed E-state index contributed by atoms with van der Waals surface area (Å²) in [6.07, 6.45) is 8.86. The highest BCUT2D eigenvalue weighted by Crippen LogP contribution is 2.08. The minimum absolute atomic E-state index is 0.0288. The monoisotopic (exact) mass is 163 g/mol. The van der Waals surface area contributed by atoms with Crippen LogP contribution in [-0.2, 0) is 4.79 Å². The number of carbonyl (C=O) groups excluding carboxylic acids is 1. The third-order valence-corrected chi connectivity index (χ3v) is 1.61. The fraction of sp³-hybridized carbons (Fsp3) is 0.300. The quantitative estimate of drug-likeness (QED) is 0.628. The second-order valence-corrected chi connectivity index (χ2v) is 2.92. The molecule has 0 spiro atoms. The zero-order chi connectivity index (χ0) is 8.97. The number of hydrogen-bond donors (Lipinski definition) is 1. The van der Waals surface area contributed by atoms with Gasteiger partial charge < -0.3 is 5.32 Å². The van der Waals surface area contributed by atoms with Crippen LogP contribution in [0.4, 0.5) is 0 Å². The Hall–Kier alpha value is -1.31. The second-order valence-electron chi connectivity index (χ2n) is 2.92. The Kier molecular flexibility index (Phi) is 2.86. The van der Waals surface area contributed by atoms with Gasteiger partial charge in [-0.2, -0.15) is 0 Å². The van der Waals surface area contributed by atoms with Crippen molar-refractivity contribution in [3.05, 3.63) is 35.6 Å². The van der Waals surface area contributed by atoms with Crippen molar-refractivity contribution in [2.75, 3.05) is 0 Å². The van der Waals surface area contributed by atoms with Crippen LogP contribution in [0.25, 0.3) is 0 Å². The molecule has 0 fully saturated rings. The van der Waals surface area contributed by atoms with E-state index in [9.17, 15) is 4.79 Å². The van der Waals surface area contributed by atoms with E-state index in [2.05, 4.69) is 12.2 Å². The Morgan fingerprint density at radius 1 is 1.50 bits per heavy atom. The summed E-state index contributed by atoms with van der Waals surface area (Å²) < 4.78 is 0. The van der Waals surface area contributed by atoms with E-state index >= 15 is 0 Å². The molecule has 0 heterocycles. The van der Waals surface area contributed by atoms with Gasteiger partial charge in [-0.05, 0) is 25.5 Å². The van der Waals surface area contributed by atoms with E-state index in [0.29, 0.717) is 0 Å². The molecule has 0 bridgehead atoms. The summed E-state index contributed by atoms with van der Waals surface area (Å²) in [7, 11) is 0. The lowest BCUT2D eigenvalue weighted by Gasteiger charge is -1.99. The molecule has 0 unspecified atom stereocenters. The van der Waals surface area contributed by atoms with Gasteiger partial charge in [-0.15, -0.1) is 0 Å². The van der Waals surface area contributed by atoms with E-state index in [4.69, 9.17) is 0 Å². The molecule has 0 aromatic rings. The van der Waals surface area contributed by atoms with E-state index in [0.717, 1.165) is 12.1 Å². The number of hydrogen-bond acceptors (Lipinski definition) is 1. The number of carbonyl (C=O) groups is 1. The maximum Gasteiger partial charge on any atom is 0.221 e. The van der Waals surface area contributed by atoms with Crippen LogP contribution in [-0.4, -0.2) is 5.91 Å². The lowest BCUT2D eigenvalue weighted by atomic mass is 10.2. The molecule has 0 aliphatic heterocycles. The largest absolute Gasteiger partial charge is 0.326 e. The summed E-state index contributed by atoms with van der Waals surface area (Å²) in [6.45, 7) is 3.58. The van der Waals surface area contributed by atoms with Gasteiger partial charge in [-0.1, -0.05) is 17.7 Å². The first-order chi connectivity index (χ1) is 5.68. The van der Waals surface area contributed by atoms with Crippen molar-refractivity contribution in [1.29, 1.82) is 0 Å². The Labute approximate surface area is 72.7 Å². The smallest absolute Gasteiger partial charge is 0.221 e. The van der Waals surface area contributed by atoms with Crippen molar-refractivity contribution in [2.45, 2.75) is 20.3 Å². The highest BCUT2D eigenvalue weighted by atomic mass is 16.1. The standard InChI is InChI=1S/C10H13NO/c1-8-4-3-5-10(7-6-8)11-9(2)12/h3,5-7H,4H2,1-2H3,(H,11,12). The highest BCUT2D eigenvalue weighted by Gasteiger charge is 1.96. The van der Waals surface area contributed by atoms with Crippen molar-refractivity contribution in [3.63, 3.8) is 0 Å². The Bertz CT molecular complexity index is 272. The summed E-state index contributed by atoms with van der Waals surface area (Å²) in [4.78, 5) is 10.7. The summed E-state index contributed by atoms with van der Waals surface area (Å²) in [5.41, 5.74) is 2.16. The van der Waals surface area contributed by atoms with Gasteiger partial charge >= 0.3 is 0 Å². The Morgan fingerprint density at radius 2 is 2.25 bits per heavy atom. The van der Waals surface area contributed by atoms with Crippen LogP contribution in [0, 0.1) is 0 Å². The number of nitrogens with one attached hydrogen (secondary N) is 1. The summed E-state index contributed by atoms with van der Waals surface area (Å²) in [5, 5.41) is 2.73. The molecule has 0 saturated carbocycles. The topological polar surface area (TPSA) is 29.1 Å². The average molecular weight is 163 g/mol. The fourth-order valence-corrected chi connectivity index (χ4v) is 1.01. The van der Waals surface area contributed by atoms with E-state index in [1.165, 1.54) is 12.5 Å². The fourth-order valence-electron chi connectivity index (χ4n) is 1.01. The van der Waals surface area contributed by atoms with Crippen LogP contribution in [0.5, 0.6) is 0 Å². The zero-order valence-corrected chi connectivity index (χ0v) is 7.42. The Balaban J connectivity index is 2.70. The van der Waals surface area contributed by atoms with Gasteiger partial charge in [-0.25, -0.2) is 0 Å². The van der Waals surface area contributed by atoms with Crippen LogP contribution < -0.4 is 5.32 Å². The van der Waals surface area contributed by atoms with Crippen LogP contribution in [0.2, 0.25) is 0 Å². The van der Waals surface area contributed by atoms with Crippen LogP contribution in [0.15, 0.2) is 35.6 Å². The van der Waals surface area contributed by atoms with E-state index in [-0.39, 0.29) is 5.91 Å². The van der Waals surface area contributed by atoms with Gasteiger partial charge in [0.05, 0.1) is 0 Å². The van der Waals surface area contributed by atoms with Crippen LogP contribution in [0.3, 0.4) is 0 Å². The van der Waals surface area contributed by atoms with Gasteiger partial charge in [0.15, 0.2) is 0 Å². The van der Waals surface area contributed by atoms with Crippen molar-refractivity contribution in [1.82, 2.24) is 5.32 Å². The molecule has 2 nitrogen and oxygen atoms in total. The minimum Gasteiger partial charge on any atom is -0.326 e. The first-order valence-corrected chi connectivity index (χ1v) is 4.00. The number of rotatable bonds is 1. The highest BCUT2D eigenvalue weighted by molar-refractivity contribution is 5.75. The first kappa shape index (κ1) is 8.78. The minimum atomic E-state index is -0.0288. The third kappa shape index (κ3) is 2.74. The van der Waals surface area contributed by atoms with Crippen molar-refractivity contribution in [3.8, 4) is 0 Å². The van der Waals surface area contributed by atoms with Crippen molar-refractivity contribution in [2.24, 2.45) is 0 Å². The van der Waals surface area contributed by atoms with Gasteiger partial charge in [0.2, 0.25) is 5.91 Å². The second kappa shape index (κ2) is 3.90. The summed E-state index contributed by atoms with van der Waals surface area (Å²) in [6, 6.07) is 0. The lowest BCUT2D eigenvalue weighted by molar-refractivity contribution is -0.118. The molecule has 0 aromatic heterocycles. The van der Waals surface area contributed by atoms with Gasteiger partial charge in [0.1, 0.15) is 0 Å². The maximum atomic E-state index is 10.7. The normalized spacial score (nSPS) is 16.2. The third-order valence-electron chi connectivity index (χ3n) is 1.61. The van der Waals surface area contributed by atoms with Gasteiger partial charge in [0.25, 0.3) is 0 Å². The molecule has 64 valence electrons. The lowest BCUT2D eigenvalue weighted by Crippen LogP contribution is -2.17. The molecule has 1 amide bonds. The number of allylic oxidation sites excluding steroid dienone is 5. The molecule has 0 saturated heterocycles. The molecule has 1 N–H and O–H groups in total. The van der Waals surface area contributed by atoms with E-state index in [1.807, 2.05) is 24.3 Å². The molecular weight excluding hydrogens is 150 g/mol. The Morgan fingerprint density at radius 3 is 2.92 bits per heavy atom. The van der Waals surface area contributed by atoms with E-state index < -0.39 is 0 Å². The average Bonchev–Trinajstić information content (AvgIpc) is 2.15.